The quantitative estimate of drug-likeness (QED) is 0.432. The van der Waals surface area contributed by atoms with E-state index in [2.05, 4.69) is 0 Å². The van der Waals surface area contributed by atoms with E-state index in [1.165, 1.54) is 0 Å². The summed E-state index contributed by atoms with van der Waals surface area (Å²) in [5, 5.41) is -1.36. The average molecular weight is 123 g/mol. The van der Waals surface area contributed by atoms with Gasteiger partial charge in [0.05, 0.1) is 0 Å². The van der Waals surface area contributed by atoms with Gasteiger partial charge in [-0.05, 0) is 0 Å². The molecule has 0 aliphatic heterocycles. The number of alkyl halides is 2. The summed E-state index contributed by atoms with van der Waals surface area (Å²) in [6.45, 7) is 3.63. The van der Waals surface area contributed by atoms with Crippen LogP contribution in [0.25, 0.3) is 0 Å². The van der Waals surface area contributed by atoms with Gasteiger partial charge in [-0.3, -0.25) is 0 Å². The van der Waals surface area contributed by atoms with Gasteiger partial charge < -0.3 is 0 Å². The van der Waals surface area contributed by atoms with Crippen LogP contribution in [-0.2, 0) is 0 Å². The van der Waals surface area contributed by atoms with E-state index in [9.17, 15) is 4.39 Å². The topological polar surface area (TPSA) is 0 Å². The van der Waals surface area contributed by atoms with Crippen LogP contribution in [0.2, 0.25) is 0 Å². The van der Waals surface area contributed by atoms with Crippen LogP contribution >= 0.6 is 11.6 Å². The van der Waals surface area contributed by atoms with E-state index in [1.807, 2.05) is 13.8 Å². The Labute approximate surface area is 47.7 Å². The highest BCUT2D eigenvalue weighted by atomic mass is 35.5. The minimum atomic E-state index is -1.36. The maximum absolute atomic E-state index is 12.4. The van der Waals surface area contributed by atoms with Gasteiger partial charge in [-0.25, -0.2) is 4.39 Å². The molecule has 1 rings (SSSR count). The largest absolute Gasteiger partial charge is 0.226 e. The predicted molar refractivity (Wildman–Crippen MR) is 28.0 cm³/mol. The van der Waals surface area contributed by atoms with Crippen molar-refractivity contribution in [2.24, 2.45) is 11.8 Å². The summed E-state index contributed by atoms with van der Waals surface area (Å²) >= 11 is 5.28. The van der Waals surface area contributed by atoms with Crippen molar-refractivity contribution in [3.8, 4) is 0 Å². The van der Waals surface area contributed by atoms with E-state index in [0.717, 1.165) is 0 Å². The first-order valence-electron chi connectivity index (χ1n) is 2.44. The van der Waals surface area contributed by atoms with Crippen LogP contribution in [-0.4, -0.2) is 5.13 Å². The van der Waals surface area contributed by atoms with Gasteiger partial charge in [0, 0.05) is 11.8 Å². The maximum atomic E-state index is 12.4. The van der Waals surface area contributed by atoms with Crippen LogP contribution in [0.3, 0.4) is 0 Å². The molecule has 1 aliphatic carbocycles. The molecule has 0 N–H and O–H groups in total. The lowest BCUT2D eigenvalue weighted by molar-refractivity contribution is 0.387. The van der Waals surface area contributed by atoms with E-state index in [-0.39, 0.29) is 11.8 Å². The Balaban J connectivity index is 2.52. The van der Waals surface area contributed by atoms with Crippen molar-refractivity contribution in [3.63, 3.8) is 0 Å². The van der Waals surface area contributed by atoms with Crippen molar-refractivity contribution < 1.29 is 4.39 Å². The summed E-state index contributed by atoms with van der Waals surface area (Å²) in [5.41, 5.74) is 0. The molecule has 3 atom stereocenters. The molecule has 1 unspecified atom stereocenters. The van der Waals surface area contributed by atoms with Gasteiger partial charge in [-0.2, -0.15) is 0 Å². The molecule has 0 spiro atoms. The molecule has 0 aromatic carbocycles. The lowest BCUT2D eigenvalue weighted by Gasteiger charge is -1.85. The lowest BCUT2D eigenvalue weighted by Crippen LogP contribution is -1.87. The zero-order valence-corrected chi connectivity index (χ0v) is 5.17. The van der Waals surface area contributed by atoms with Crippen molar-refractivity contribution in [2.75, 3.05) is 0 Å². The Kier molecular flexibility index (Phi) is 0.869. The van der Waals surface area contributed by atoms with Crippen LogP contribution in [0.4, 0.5) is 4.39 Å². The van der Waals surface area contributed by atoms with Crippen molar-refractivity contribution in [3.05, 3.63) is 0 Å². The molecule has 0 aromatic heterocycles. The van der Waals surface area contributed by atoms with E-state index < -0.39 is 5.13 Å². The van der Waals surface area contributed by atoms with Crippen molar-refractivity contribution in [2.45, 2.75) is 19.0 Å². The third kappa shape index (κ3) is 0.548. The molecule has 0 saturated heterocycles. The fraction of sp³-hybridized carbons (Fsp3) is 1.00. The molecule has 2 heteroatoms. The summed E-state index contributed by atoms with van der Waals surface area (Å²) in [6, 6.07) is 0. The van der Waals surface area contributed by atoms with Crippen LogP contribution in [0.5, 0.6) is 0 Å². The molecule has 1 aliphatic rings. The highest BCUT2D eigenvalue weighted by Crippen LogP contribution is 2.56. The maximum Gasteiger partial charge on any atom is 0.189 e. The Morgan fingerprint density at radius 1 is 1.43 bits per heavy atom. The van der Waals surface area contributed by atoms with E-state index in [4.69, 9.17) is 11.6 Å². The van der Waals surface area contributed by atoms with Gasteiger partial charge in [-0.1, -0.05) is 25.4 Å². The second-order valence-corrected chi connectivity index (χ2v) is 2.83. The summed E-state index contributed by atoms with van der Waals surface area (Å²) in [4.78, 5) is 0. The van der Waals surface area contributed by atoms with E-state index in [1.54, 1.807) is 0 Å². The normalized spacial score (nSPS) is 60.0. The van der Waals surface area contributed by atoms with Gasteiger partial charge in [0.2, 0.25) is 0 Å². The zero-order valence-electron chi connectivity index (χ0n) is 4.41. The standard InChI is InChI=1S/C5H8ClF/c1-3-4(2)5(3,6)7/h3-4H,1-2H3/t3-,4+,5?. The molecule has 1 saturated carbocycles. The first kappa shape index (κ1) is 5.36. The number of rotatable bonds is 0. The Bertz CT molecular complexity index is 80.1. The Morgan fingerprint density at radius 2 is 1.57 bits per heavy atom. The summed E-state index contributed by atoms with van der Waals surface area (Å²) < 4.78 is 12.4. The fourth-order valence-corrected chi connectivity index (χ4v) is 0.989. The molecular formula is C5H8ClF. The fourth-order valence-electron chi connectivity index (χ4n) is 0.674. The third-order valence-corrected chi connectivity index (χ3v) is 2.54. The summed E-state index contributed by atoms with van der Waals surface area (Å²) in [5.74, 6) is 0.128. The van der Waals surface area contributed by atoms with Crippen LogP contribution in [0.15, 0.2) is 0 Å². The van der Waals surface area contributed by atoms with Crippen LogP contribution in [0.1, 0.15) is 13.8 Å². The van der Waals surface area contributed by atoms with Crippen LogP contribution < -0.4 is 0 Å². The number of hydrogen-bond donors (Lipinski definition) is 0. The second kappa shape index (κ2) is 1.13. The molecule has 0 radical (unpaired) electrons. The monoisotopic (exact) mass is 122 g/mol. The van der Waals surface area contributed by atoms with Crippen LogP contribution in [0, 0.1) is 11.8 Å². The van der Waals surface area contributed by atoms with E-state index in [0.29, 0.717) is 0 Å². The molecule has 0 heterocycles. The summed E-state index contributed by atoms with van der Waals surface area (Å²) in [7, 11) is 0. The highest BCUT2D eigenvalue weighted by molar-refractivity contribution is 6.25. The zero-order chi connectivity index (χ0) is 5.65. The molecule has 0 bridgehead atoms. The molecule has 0 nitrogen and oxygen atoms in total. The number of halogens is 2. The smallest absolute Gasteiger partial charge is 0.189 e. The summed E-state index contributed by atoms with van der Waals surface area (Å²) in [6.07, 6.45) is 0. The van der Waals surface area contributed by atoms with Gasteiger partial charge in [0.15, 0.2) is 5.13 Å². The third-order valence-electron chi connectivity index (χ3n) is 1.86. The van der Waals surface area contributed by atoms with Gasteiger partial charge >= 0.3 is 0 Å². The average Bonchev–Trinajstić information content (AvgIpc) is 1.91. The minimum absolute atomic E-state index is 0.0640. The van der Waals surface area contributed by atoms with Crippen molar-refractivity contribution in [1.29, 1.82) is 0 Å². The van der Waals surface area contributed by atoms with Gasteiger partial charge in [0.25, 0.3) is 0 Å². The SMILES string of the molecule is C[C@@H]1[C@H](C)C1(F)Cl. The van der Waals surface area contributed by atoms with Gasteiger partial charge in [0.1, 0.15) is 0 Å². The Morgan fingerprint density at radius 3 is 1.57 bits per heavy atom. The molecule has 0 amide bonds. The van der Waals surface area contributed by atoms with Crippen molar-refractivity contribution in [1.82, 2.24) is 0 Å². The number of hydrogen-bond acceptors (Lipinski definition) is 0. The highest BCUT2D eigenvalue weighted by Gasteiger charge is 2.59. The molecular weight excluding hydrogens is 115 g/mol. The minimum Gasteiger partial charge on any atom is -0.226 e. The Hall–Kier alpha value is 0.220. The first-order chi connectivity index (χ1) is 3.07. The lowest BCUT2D eigenvalue weighted by atomic mass is 10.4. The second-order valence-electron chi connectivity index (χ2n) is 2.25. The van der Waals surface area contributed by atoms with Crippen molar-refractivity contribution >= 4 is 11.6 Å². The molecule has 42 valence electrons. The molecule has 0 aromatic rings. The van der Waals surface area contributed by atoms with E-state index >= 15 is 0 Å². The molecule has 1 fully saturated rings. The predicted octanol–water partition coefficient (Wildman–Crippen LogP) is 2.18. The first-order valence-corrected chi connectivity index (χ1v) is 2.82. The molecule has 7 heavy (non-hydrogen) atoms. The van der Waals surface area contributed by atoms with Gasteiger partial charge in [-0.15, -0.1) is 0 Å².